The van der Waals surface area contributed by atoms with Gasteiger partial charge in [-0.1, -0.05) is 0 Å². The van der Waals surface area contributed by atoms with Gasteiger partial charge in [0.05, 0.1) is 6.04 Å². The number of hydrogen-bond donors (Lipinski definition) is 1. The van der Waals surface area contributed by atoms with Gasteiger partial charge >= 0.3 is 18.1 Å². The summed E-state index contributed by atoms with van der Waals surface area (Å²) in [7, 11) is 0. The number of nitrogens with zero attached hydrogens (tertiary/aromatic N) is 3. The number of piperidine rings is 1. The van der Waals surface area contributed by atoms with Crippen molar-refractivity contribution < 1.29 is 32.7 Å². The standard InChI is InChI=1S/C17H14F3N3O4S/c18-17(19,20)16(27)22-6-3-9-10(7-28-8-1-4-21-5-2-8)12(15(25)26)23-11(9)13(22)14(23)24/h1-2,4-5,9,11,13H,3,6-7H2,(H,25,26)/t9?,11-,13+/m1/s1. The van der Waals surface area contributed by atoms with Crippen molar-refractivity contribution in [2.24, 2.45) is 5.92 Å². The molecule has 2 fully saturated rings. The van der Waals surface area contributed by atoms with Crippen LogP contribution >= 0.6 is 11.8 Å². The van der Waals surface area contributed by atoms with Crippen molar-refractivity contribution in [3.05, 3.63) is 35.8 Å². The number of carboxylic acids is 1. The molecule has 2 saturated heterocycles. The minimum absolute atomic E-state index is 0.167. The fourth-order valence-corrected chi connectivity index (χ4v) is 5.16. The van der Waals surface area contributed by atoms with Crippen LogP contribution in [0.25, 0.3) is 0 Å². The molecule has 0 aromatic carbocycles. The lowest BCUT2D eigenvalue weighted by molar-refractivity contribution is -0.198. The summed E-state index contributed by atoms with van der Waals surface area (Å²) in [6, 6.07) is 1.51. The van der Waals surface area contributed by atoms with E-state index in [2.05, 4.69) is 4.98 Å². The molecule has 4 heterocycles. The number of likely N-dealkylation sites (tertiary alicyclic amines) is 1. The van der Waals surface area contributed by atoms with E-state index in [9.17, 15) is 32.7 Å². The number of aromatic nitrogens is 1. The predicted octanol–water partition coefficient (Wildman–Crippen LogP) is 1.52. The van der Waals surface area contributed by atoms with E-state index in [1.165, 1.54) is 11.8 Å². The number of alkyl halides is 3. The number of carbonyl (C=O) groups excluding carboxylic acids is 2. The Morgan fingerprint density at radius 3 is 2.57 bits per heavy atom. The van der Waals surface area contributed by atoms with E-state index < -0.39 is 36.0 Å². The molecule has 3 aliphatic heterocycles. The SMILES string of the molecule is O=C(O)C1=C(CSc2ccncc2)C2CCN(C(=O)C(F)(F)F)[C@@H]3C(=O)N1[C@H]23. The zero-order chi connectivity index (χ0) is 20.2. The molecule has 1 N–H and O–H groups in total. The van der Waals surface area contributed by atoms with Crippen LogP contribution in [-0.4, -0.2) is 68.2 Å². The van der Waals surface area contributed by atoms with Crippen molar-refractivity contribution in [1.29, 1.82) is 0 Å². The van der Waals surface area contributed by atoms with Crippen molar-refractivity contribution in [2.45, 2.75) is 29.6 Å². The first kappa shape index (κ1) is 18.8. The summed E-state index contributed by atoms with van der Waals surface area (Å²) < 4.78 is 38.6. The number of β-lactam (4-membered cyclic amide) rings is 1. The van der Waals surface area contributed by atoms with Gasteiger partial charge in [0.2, 0.25) is 0 Å². The quantitative estimate of drug-likeness (QED) is 0.595. The number of aliphatic carboxylic acids is 1. The normalized spacial score (nSPS) is 26.2. The molecule has 4 rings (SSSR count). The van der Waals surface area contributed by atoms with Gasteiger partial charge in [-0.3, -0.25) is 19.5 Å². The van der Waals surface area contributed by atoms with Gasteiger partial charge in [-0.2, -0.15) is 13.2 Å². The second kappa shape index (κ2) is 6.50. The number of pyridine rings is 1. The molecule has 7 nitrogen and oxygen atoms in total. The number of halogens is 3. The van der Waals surface area contributed by atoms with E-state index in [-0.39, 0.29) is 30.3 Å². The third kappa shape index (κ3) is 2.76. The number of hydrogen-bond acceptors (Lipinski definition) is 5. The van der Waals surface area contributed by atoms with Crippen LogP contribution in [-0.2, 0) is 14.4 Å². The maximum absolute atomic E-state index is 12.9. The first-order valence-corrected chi connectivity index (χ1v) is 9.40. The highest BCUT2D eigenvalue weighted by Gasteiger charge is 2.65. The highest BCUT2D eigenvalue weighted by Crippen LogP contribution is 2.50. The van der Waals surface area contributed by atoms with Gasteiger partial charge in [0.15, 0.2) is 0 Å². The van der Waals surface area contributed by atoms with Gasteiger partial charge in [-0.15, -0.1) is 11.8 Å². The molecular weight excluding hydrogens is 399 g/mol. The molecule has 148 valence electrons. The Hall–Kier alpha value is -2.56. The van der Waals surface area contributed by atoms with Crippen LogP contribution in [0.4, 0.5) is 13.2 Å². The average Bonchev–Trinajstić information content (AvgIpc) is 2.97. The molecule has 1 aromatic heterocycles. The maximum atomic E-state index is 12.9. The summed E-state index contributed by atoms with van der Waals surface area (Å²) in [5.41, 5.74) is 0.355. The highest BCUT2D eigenvalue weighted by atomic mass is 32.2. The molecule has 3 atom stereocenters. The molecule has 0 bridgehead atoms. The molecular formula is C17H14F3N3O4S. The topological polar surface area (TPSA) is 90.8 Å². The molecule has 2 amide bonds. The van der Waals surface area contributed by atoms with E-state index >= 15 is 0 Å². The van der Waals surface area contributed by atoms with Crippen molar-refractivity contribution in [3.8, 4) is 0 Å². The Bertz CT molecular complexity index is 889. The Kier molecular flexibility index (Phi) is 4.36. The number of carboxylic acid groups (broad SMARTS) is 1. The van der Waals surface area contributed by atoms with Crippen molar-refractivity contribution in [1.82, 2.24) is 14.8 Å². The molecule has 11 heteroatoms. The Morgan fingerprint density at radius 1 is 1.29 bits per heavy atom. The van der Waals surface area contributed by atoms with Gasteiger partial charge in [-0.05, 0) is 24.1 Å². The summed E-state index contributed by atoms with van der Waals surface area (Å²) in [4.78, 5) is 42.3. The molecule has 0 spiro atoms. The number of carbonyl (C=O) groups is 3. The lowest BCUT2D eigenvalue weighted by Crippen LogP contribution is -2.74. The molecule has 0 saturated carbocycles. The third-order valence-corrected chi connectivity index (χ3v) is 6.34. The third-order valence-electron chi connectivity index (χ3n) is 5.28. The summed E-state index contributed by atoms with van der Waals surface area (Å²) in [5.74, 6) is -4.20. The van der Waals surface area contributed by atoms with Crippen LogP contribution in [0, 0.1) is 5.92 Å². The minimum atomic E-state index is -5.07. The molecule has 3 aliphatic rings. The van der Waals surface area contributed by atoms with Crippen molar-refractivity contribution in [2.75, 3.05) is 12.3 Å². The van der Waals surface area contributed by atoms with Crippen LogP contribution in [0.3, 0.4) is 0 Å². The number of rotatable bonds is 4. The second-order valence-corrected chi connectivity index (χ2v) is 7.73. The van der Waals surface area contributed by atoms with Gasteiger partial charge in [0, 0.05) is 35.5 Å². The van der Waals surface area contributed by atoms with Crippen LogP contribution in [0.15, 0.2) is 40.7 Å². The van der Waals surface area contributed by atoms with Crippen LogP contribution in [0.1, 0.15) is 6.42 Å². The van der Waals surface area contributed by atoms with Gasteiger partial charge in [0.25, 0.3) is 5.91 Å². The van der Waals surface area contributed by atoms with Crippen LogP contribution in [0.5, 0.6) is 0 Å². The smallest absolute Gasteiger partial charge is 0.471 e. The van der Waals surface area contributed by atoms with Gasteiger partial charge < -0.3 is 10.0 Å². The van der Waals surface area contributed by atoms with Crippen LogP contribution < -0.4 is 0 Å². The molecule has 1 aromatic rings. The van der Waals surface area contributed by atoms with E-state index in [1.54, 1.807) is 24.5 Å². The Labute approximate surface area is 161 Å². The van der Waals surface area contributed by atoms with E-state index in [0.717, 1.165) is 9.80 Å². The summed E-state index contributed by atoms with van der Waals surface area (Å²) in [6.07, 6.45) is -1.71. The highest BCUT2D eigenvalue weighted by molar-refractivity contribution is 7.99. The lowest BCUT2D eigenvalue weighted by atomic mass is 9.78. The fourth-order valence-electron chi connectivity index (χ4n) is 4.17. The number of thioether (sulfide) groups is 1. The van der Waals surface area contributed by atoms with E-state index in [1.807, 2.05) is 0 Å². The average molecular weight is 413 g/mol. The fraction of sp³-hybridized carbons (Fsp3) is 0.412. The summed E-state index contributed by atoms with van der Waals surface area (Å²) >= 11 is 1.37. The number of amides is 2. The van der Waals surface area contributed by atoms with Crippen LogP contribution in [0.2, 0.25) is 0 Å². The lowest BCUT2D eigenvalue weighted by Gasteiger charge is -2.53. The minimum Gasteiger partial charge on any atom is -0.477 e. The molecule has 1 unspecified atom stereocenters. The van der Waals surface area contributed by atoms with Gasteiger partial charge in [-0.25, -0.2) is 4.79 Å². The first-order valence-electron chi connectivity index (χ1n) is 8.42. The van der Waals surface area contributed by atoms with Crippen molar-refractivity contribution in [3.63, 3.8) is 0 Å². The predicted molar refractivity (Wildman–Crippen MR) is 89.9 cm³/mol. The van der Waals surface area contributed by atoms with Gasteiger partial charge in [0.1, 0.15) is 11.7 Å². The second-order valence-electron chi connectivity index (χ2n) is 6.69. The molecule has 0 aliphatic carbocycles. The molecule has 28 heavy (non-hydrogen) atoms. The zero-order valence-electron chi connectivity index (χ0n) is 14.2. The summed E-state index contributed by atoms with van der Waals surface area (Å²) in [6.45, 7) is -0.236. The molecule has 0 radical (unpaired) electrons. The Balaban J connectivity index is 1.61. The monoisotopic (exact) mass is 413 g/mol. The zero-order valence-corrected chi connectivity index (χ0v) is 15.0. The largest absolute Gasteiger partial charge is 0.477 e. The maximum Gasteiger partial charge on any atom is 0.471 e. The van der Waals surface area contributed by atoms with E-state index in [4.69, 9.17) is 0 Å². The summed E-state index contributed by atoms with van der Waals surface area (Å²) in [5, 5.41) is 9.61. The van der Waals surface area contributed by atoms with E-state index in [0.29, 0.717) is 10.5 Å². The Morgan fingerprint density at radius 2 is 1.96 bits per heavy atom. The first-order chi connectivity index (χ1) is 13.2. The van der Waals surface area contributed by atoms with Crippen molar-refractivity contribution >= 4 is 29.5 Å².